The first-order valence-corrected chi connectivity index (χ1v) is 10.1. The average Bonchev–Trinajstić information content (AvgIpc) is 2.66. The molecule has 0 radical (unpaired) electrons. The van der Waals surface area contributed by atoms with Crippen molar-refractivity contribution in [1.82, 2.24) is 0 Å². The van der Waals surface area contributed by atoms with E-state index >= 15 is 0 Å². The van der Waals surface area contributed by atoms with Crippen LogP contribution in [0, 0.1) is 11.3 Å². The summed E-state index contributed by atoms with van der Waals surface area (Å²) in [6.07, 6.45) is 7.43. The summed E-state index contributed by atoms with van der Waals surface area (Å²) in [5.41, 5.74) is 0.780. The molecule has 156 valence electrons. The minimum atomic E-state index is -0.531. The number of methoxy groups -OCH3 is 1. The lowest BCUT2D eigenvalue weighted by molar-refractivity contribution is -0.139. The van der Waals surface area contributed by atoms with E-state index in [0.717, 1.165) is 25.7 Å². The number of benzene rings is 1. The molecular weight excluding hydrogens is 354 g/mol. The number of amides is 1. The van der Waals surface area contributed by atoms with Crippen molar-refractivity contribution in [3.8, 4) is 5.75 Å². The van der Waals surface area contributed by atoms with Crippen molar-refractivity contribution in [2.45, 2.75) is 60.3 Å². The molecule has 0 saturated heterocycles. The molecule has 0 spiro atoms. The van der Waals surface area contributed by atoms with Gasteiger partial charge in [-0.2, -0.15) is 0 Å². The summed E-state index contributed by atoms with van der Waals surface area (Å²) in [6.45, 7) is 10.3. The molecule has 1 unspecified atom stereocenters. The predicted octanol–water partition coefficient (Wildman–Crippen LogP) is 5.45. The second kappa shape index (κ2) is 11.5. The van der Waals surface area contributed by atoms with E-state index in [9.17, 15) is 9.59 Å². The van der Waals surface area contributed by atoms with Crippen LogP contribution in [0.4, 0.5) is 5.69 Å². The molecule has 1 aromatic carbocycles. The first-order valence-electron chi connectivity index (χ1n) is 10.1. The Labute approximate surface area is 169 Å². The molecule has 1 amide bonds. The number of rotatable bonds is 10. The largest absolute Gasteiger partial charge is 0.497 e. The Bertz CT molecular complexity index is 674. The van der Waals surface area contributed by atoms with Gasteiger partial charge < -0.3 is 14.8 Å². The van der Waals surface area contributed by atoms with Crippen molar-refractivity contribution in [3.05, 3.63) is 29.8 Å². The van der Waals surface area contributed by atoms with Gasteiger partial charge in [0.2, 0.25) is 5.91 Å². The van der Waals surface area contributed by atoms with E-state index in [2.05, 4.69) is 19.2 Å². The van der Waals surface area contributed by atoms with Crippen LogP contribution in [0.15, 0.2) is 24.3 Å². The summed E-state index contributed by atoms with van der Waals surface area (Å²) in [4.78, 5) is 24.5. The van der Waals surface area contributed by atoms with Crippen molar-refractivity contribution < 1.29 is 19.1 Å². The van der Waals surface area contributed by atoms with Crippen molar-refractivity contribution in [3.63, 3.8) is 0 Å². The molecule has 1 atom stereocenters. The van der Waals surface area contributed by atoms with E-state index in [4.69, 9.17) is 9.47 Å². The minimum absolute atomic E-state index is 0.111. The van der Waals surface area contributed by atoms with E-state index in [0.29, 0.717) is 29.5 Å². The fourth-order valence-corrected chi connectivity index (χ4v) is 2.53. The number of anilines is 1. The molecule has 5 heteroatoms. The van der Waals surface area contributed by atoms with Gasteiger partial charge >= 0.3 is 5.97 Å². The number of carbonyl (C=O) groups is 2. The second-order valence-corrected chi connectivity index (χ2v) is 8.04. The zero-order valence-corrected chi connectivity index (χ0v) is 18.1. The number of carbonyl (C=O) groups excluding carboxylic acids is 2. The lowest BCUT2D eigenvalue weighted by atomic mass is 9.95. The summed E-state index contributed by atoms with van der Waals surface area (Å²) in [7, 11) is 1.57. The number of hydrogen-bond donors (Lipinski definition) is 1. The Kier molecular flexibility index (Phi) is 9.77. The van der Waals surface area contributed by atoms with Crippen molar-refractivity contribution >= 4 is 23.6 Å². The fraction of sp³-hybridized carbons (Fsp3) is 0.565. The number of esters is 1. The number of ether oxygens (including phenoxy) is 2. The lowest BCUT2D eigenvalue weighted by Crippen LogP contribution is -2.27. The zero-order valence-electron chi connectivity index (χ0n) is 18.1. The molecule has 0 bridgehead atoms. The zero-order chi connectivity index (χ0) is 21.2. The molecule has 0 fully saturated rings. The maximum absolute atomic E-state index is 12.4. The monoisotopic (exact) mass is 389 g/mol. The van der Waals surface area contributed by atoms with Crippen molar-refractivity contribution in [1.29, 1.82) is 0 Å². The normalized spacial score (nSPS) is 12.6. The Morgan fingerprint density at radius 2 is 1.93 bits per heavy atom. The third kappa shape index (κ3) is 8.15. The molecule has 28 heavy (non-hydrogen) atoms. The van der Waals surface area contributed by atoms with Gasteiger partial charge in [-0.1, -0.05) is 53.9 Å². The van der Waals surface area contributed by atoms with E-state index in [1.165, 1.54) is 6.08 Å². The smallest absolute Gasteiger partial charge is 0.330 e. The molecule has 0 aromatic heterocycles. The van der Waals surface area contributed by atoms with Crippen LogP contribution in [-0.2, 0) is 14.3 Å². The Balaban J connectivity index is 2.83. The van der Waals surface area contributed by atoms with Crippen LogP contribution in [0.2, 0.25) is 0 Å². The number of nitrogens with one attached hydrogen (secondary N) is 1. The standard InChI is InChI=1S/C23H35NO4/c1-7-9-10-17(8-2)16-28-21(25)14-12-18-11-13-19(27-6)15-20(18)24-22(26)23(3,4)5/h11-15,17H,7-10,16H2,1-6H3,(H,24,26)/b14-12+. The van der Waals surface area contributed by atoms with Crippen LogP contribution >= 0.6 is 0 Å². The van der Waals surface area contributed by atoms with Gasteiger partial charge in [0.25, 0.3) is 0 Å². The van der Waals surface area contributed by atoms with Crippen LogP contribution in [0.25, 0.3) is 6.08 Å². The van der Waals surface area contributed by atoms with E-state index in [1.807, 2.05) is 20.8 Å². The molecule has 0 aliphatic heterocycles. The predicted molar refractivity (Wildman–Crippen MR) is 114 cm³/mol. The molecular formula is C23H35NO4. The highest BCUT2D eigenvalue weighted by atomic mass is 16.5. The van der Waals surface area contributed by atoms with E-state index in [-0.39, 0.29) is 11.9 Å². The second-order valence-electron chi connectivity index (χ2n) is 8.04. The molecule has 0 aliphatic carbocycles. The summed E-state index contributed by atoms with van der Waals surface area (Å²) >= 11 is 0. The molecule has 0 aliphatic rings. The molecule has 1 rings (SSSR count). The summed E-state index contributed by atoms with van der Waals surface area (Å²) in [5, 5.41) is 2.91. The van der Waals surface area contributed by atoms with Gasteiger partial charge in [0, 0.05) is 17.6 Å². The topological polar surface area (TPSA) is 64.6 Å². The van der Waals surface area contributed by atoms with Gasteiger partial charge in [0.05, 0.1) is 19.4 Å². The van der Waals surface area contributed by atoms with Gasteiger partial charge in [-0.15, -0.1) is 0 Å². The summed E-state index contributed by atoms with van der Waals surface area (Å²) in [6, 6.07) is 5.33. The highest BCUT2D eigenvalue weighted by Gasteiger charge is 2.22. The van der Waals surface area contributed by atoms with Gasteiger partial charge in [0.15, 0.2) is 0 Å². The summed E-state index contributed by atoms with van der Waals surface area (Å²) < 4.78 is 10.6. The van der Waals surface area contributed by atoms with Crippen molar-refractivity contribution in [2.75, 3.05) is 19.0 Å². The Hall–Kier alpha value is -2.30. The van der Waals surface area contributed by atoms with Crippen LogP contribution in [-0.4, -0.2) is 25.6 Å². The number of unbranched alkanes of at least 4 members (excludes halogenated alkanes) is 1. The van der Waals surface area contributed by atoms with Gasteiger partial charge in [-0.3, -0.25) is 4.79 Å². The van der Waals surface area contributed by atoms with E-state index < -0.39 is 5.41 Å². The molecule has 5 nitrogen and oxygen atoms in total. The molecule has 1 aromatic rings. The third-order valence-electron chi connectivity index (χ3n) is 4.59. The van der Waals surface area contributed by atoms with Gasteiger partial charge in [-0.05, 0) is 36.1 Å². The van der Waals surface area contributed by atoms with E-state index in [1.54, 1.807) is 31.4 Å². The first kappa shape index (κ1) is 23.7. The third-order valence-corrected chi connectivity index (χ3v) is 4.59. The number of hydrogen-bond acceptors (Lipinski definition) is 4. The quantitative estimate of drug-likeness (QED) is 0.427. The molecule has 0 saturated carbocycles. The maximum Gasteiger partial charge on any atom is 0.330 e. The van der Waals surface area contributed by atoms with Crippen LogP contribution in [0.1, 0.15) is 65.9 Å². The van der Waals surface area contributed by atoms with Crippen molar-refractivity contribution in [2.24, 2.45) is 11.3 Å². The SMILES string of the molecule is CCCCC(CC)COC(=O)/C=C/c1ccc(OC)cc1NC(=O)C(C)(C)C. The molecule has 0 heterocycles. The highest BCUT2D eigenvalue weighted by Crippen LogP contribution is 2.26. The van der Waals surface area contributed by atoms with Crippen LogP contribution in [0.5, 0.6) is 5.75 Å². The lowest BCUT2D eigenvalue weighted by Gasteiger charge is -2.19. The van der Waals surface area contributed by atoms with Crippen LogP contribution in [0.3, 0.4) is 0 Å². The molecule has 1 N–H and O–H groups in total. The van der Waals surface area contributed by atoms with Gasteiger partial charge in [-0.25, -0.2) is 4.79 Å². The minimum Gasteiger partial charge on any atom is -0.497 e. The highest BCUT2D eigenvalue weighted by molar-refractivity contribution is 5.97. The average molecular weight is 390 g/mol. The summed E-state index contributed by atoms with van der Waals surface area (Å²) in [5.74, 6) is 0.545. The Morgan fingerprint density at radius 3 is 2.50 bits per heavy atom. The van der Waals surface area contributed by atoms with Gasteiger partial charge in [0.1, 0.15) is 5.75 Å². The van der Waals surface area contributed by atoms with Crippen LogP contribution < -0.4 is 10.1 Å². The first-order chi connectivity index (χ1) is 13.2. The Morgan fingerprint density at radius 1 is 1.21 bits per heavy atom. The fourth-order valence-electron chi connectivity index (χ4n) is 2.53. The maximum atomic E-state index is 12.4.